The van der Waals surface area contributed by atoms with Crippen molar-refractivity contribution in [2.75, 3.05) is 24.5 Å². The van der Waals surface area contributed by atoms with Crippen LogP contribution in [0, 0.1) is 5.92 Å². The molecule has 1 fully saturated rings. The summed E-state index contributed by atoms with van der Waals surface area (Å²) in [6.45, 7) is 4.47. The predicted molar refractivity (Wildman–Crippen MR) is 118 cm³/mol. The van der Waals surface area contributed by atoms with E-state index < -0.39 is 10.0 Å². The average Bonchev–Trinajstić information content (AvgIpc) is 2.77. The highest BCUT2D eigenvalue weighted by molar-refractivity contribution is 7.89. The van der Waals surface area contributed by atoms with E-state index in [4.69, 9.17) is 0 Å². The maximum atomic E-state index is 13.6. The first kappa shape index (κ1) is 21.5. The van der Waals surface area contributed by atoms with Crippen LogP contribution >= 0.6 is 0 Å². The lowest BCUT2D eigenvalue weighted by atomic mass is 9.88. The Bertz CT molecular complexity index is 1110. The molecule has 0 aliphatic carbocycles. The molecule has 31 heavy (non-hydrogen) atoms. The number of carbonyl (C=O) groups is 2. The van der Waals surface area contributed by atoms with Crippen molar-refractivity contribution < 1.29 is 18.0 Å². The number of aryl methyl sites for hydroxylation is 1. The molecule has 164 valence electrons. The van der Waals surface area contributed by atoms with E-state index in [0.717, 1.165) is 28.4 Å². The summed E-state index contributed by atoms with van der Waals surface area (Å²) in [5.74, 6) is -0.276. The van der Waals surface area contributed by atoms with Gasteiger partial charge < -0.3 is 10.2 Å². The van der Waals surface area contributed by atoms with Crippen LogP contribution in [-0.2, 0) is 21.2 Å². The number of nitrogens with zero attached hydrogens (tertiary/aromatic N) is 2. The van der Waals surface area contributed by atoms with Gasteiger partial charge >= 0.3 is 0 Å². The molecular formula is C23H27N3O4S. The van der Waals surface area contributed by atoms with Gasteiger partial charge in [0.05, 0.1) is 11.4 Å². The summed E-state index contributed by atoms with van der Waals surface area (Å²) in [7, 11) is -3.87. The molecule has 0 aromatic heterocycles. The monoisotopic (exact) mass is 441 g/mol. The molecule has 1 saturated heterocycles. The predicted octanol–water partition coefficient (Wildman–Crippen LogP) is 2.42. The minimum Gasteiger partial charge on any atom is -0.354 e. The third-order valence-corrected chi connectivity index (χ3v) is 7.84. The zero-order valence-electron chi connectivity index (χ0n) is 17.7. The van der Waals surface area contributed by atoms with Crippen molar-refractivity contribution in [2.24, 2.45) is 5.92 Å². The second-order valence-corrected chi connectivity index (χ2v) is 10.3. The van der Waals surface area contributed by atoms with Crippen LogP contribution < -0.4 is 10.2 Å². The van der Waals surface area contributed by atoms with E-state index in [1.807, 2.05) is 29.2 Å². The van der Waals surface area contributed by atoms with Gasteiger partial charge in [-0.05, 0) is 48.6 Å². The van der Waals surface area contributed by atoms with Gasteiger partial charge in [-0.1, -0.05) is 38.1 Å². The van der Waals surface area contributed by atoms with Crippen molar-refractivity contribution in [3.05, 3.63) is 59.7 Å². The van der Waals surface area contributed by atoms with E-state index in [9.17, 15) is 18.0 Å². The molecule has 2 aliphatic rings. The second kappa shape index (κ2) is 8.43. The van der Waals surface area contributed by atoms with Crippen molar-refractivity contribution in [1.29, 1.82) is 0 Å². The van der Waals surface area contributed by atoms with Gasteiger partial charge in [-0.2, -0.15) is 4.31 Å². The lowest BCUT2D eigenvalue weighted by molar-refractivity contribution is -0.122. The Kier molecular flexibility index (Phi) is 5.85. The third-order valence-electron chi connectivity index (χ3n) is 6.00. The van der Waals surface area contributed by atoms with Gasteiger partial charge in [-0.25, -0.2) is 8.42 Å². The van der Waals surface area contributed by atoms with Crippen LogP contribution in [0.3, 0.4) is 0 Å². The molecule has 4 rings (SSSR count). The molecule has 2 aromatic carbocycles. The van der Waals surface area contributed by atoms with E-state index in [1.54, 1.807) is 12.1 Å². The number of sulfonamides is 1. The van der Waals surface area contributed by atoms with E-state index in [1.165, 1.54) is 12.1 Å². The normalized spacial score (nSPS) is 19.8. The summed E-state index contributed by atoms with van der Waals surface area (Å²) < 4.78 is 27.3. The minimum atomic E-state index is -3.87. The highest BCUT2D eigenvalue weighted by atomic mass is 32.2. The molecule has 8 heteroatoms. The number of nitrogens with one attached hydrogen (secondary N) is 1. The summed E-state index contributed by atoms with van der Waals surface area (Å²) >= 11 is 0. The molecule has 0 radical (unpaired) electrons. The number of carbonyl (C=O) groups excluding carboxylic acids is 2. The fourth-order valence-corrected chi connectivity index (χ4v) is 5.80. The molecule has 0 saturated carbocycles. The number of benzene rings is 2. The molecule has 2 amide bonds. The fourth-order valence-electron chi connectivity index (χ4n) is 4.36. The highest BCUT2D eigenvalue weighted by Gasteiger charge is 2.34. The minimum absolute atomic E-state index is 0.0273. The number of hydrogen-bond acceptors (Lipinski definition) is 4. The largest absolute Gasteiger partial charge is 0.354 e. The fraction of sp³-hybridized carbons (Fsp3) is 0.391. The smallest absolute Gasteiger partial charge is 0.258 e. The summed E-state index contributed by atoms with van der Waals surface area (Å²) in [5, 5.41) is 2.63. The van der Waals surface area contributed by atoms with Crippen molar-refractivity contribution in [2.45, 2.75) is 37.6 Å². The lowest BCUT2D eigenvalue weighted by Crippen LogP contribution is -2.49. The zero-order valence-corrected chi connectivity index (χ0v) is 18.6. The van der Waals surface area contributed by atoms with Crippen LogP contribution in [0.2, 0.25) is 0 Å². The maximum Gasteiger partial charge on any atom is 0.258 e. The first-order valence-electron chi connectivity index (χ1n) is 10.6. The quantitative estimate of drug-likeness (QED) is 0.790. The third kappa shape index (κ3) is 4.09. The van der Waals surface area contributed by atoms with Crippen LogP contribution in [-0.4, -0.2) is 50.2 Å². The molecule has 0 spiro atoms. The second-order valence-electron chi connectivity index (χ2n) is 8.37. The molecule has 2 aromatic rings. The maximum absolute atomic E-state index is 13.6. The van der Waals surface area contributed by atoms with Crippen LogP contribution in [0.1, 0.15) is 36.2 Å². The van der Waals surface area contributed by atoms with Crippen LogP contribution in [0.5, 0.6) is 0 Å². The Labute approximate surface area is 183 Å². The number of rotatable bonds is 4. The molecule has 0 bridgehead atoms. The summed E-state index contributed by atoms with van der Waals surface area (Å²) in [6, 6.07) is 14.1. The highest BCUT2D eigenvalue weighted by Crippen LogP contribution is 2.35. The van der Waals surface area contributed by atoms with Gasteiger partial charge in [0.2, 0.25) is 15.9 Å². The van der Waals surface area contributed by atoms with Gasteiger partial charge in [0.25, 0.3) is 5.91 Å². The van der Waals surface area contributed by atoms with Crippen LogP contribution in [0.25, 0.3) is 0 Å². The number of anilines is 1. The molecule has 2 aliphatic heterocycles. The molecule has 1 unspecified atom stereocenters. The van der Waals surface area contributed by atoms with E-state index in [0.29, 0.717) is 5.56 Å². The van der Waals surface area contributed by atoms with Crippen LogP contribution in [0.4, 0.5) is 5.69 Å². The zero-order chi connectivity index (χ0) is 22.2. The van der Waals surface area contributed by atoms with Crippen molar-refractivity contribution in [3.63, 3.8) is 0 Å². The lowest BCUT2D eigenvalue weighted by Gasteiger charge is -2.39. The molecule has 7 nitrogen and oxygen atoms in total. The van der Waals surface area contributed by atoms with E-state index in [-0.39, 0.29) is 48.3 Å². The first-order valence-corrected chi connectivity index (χ1v) is 12.0. The number of amides is 2. The Balaban J connectivity index is 1.70. The van der Waals surface area contributed by atoms with Crippen LogP contribution in [0.15, 0.2) is 53.4 Å². The number of piperazine rings is 1. The standard InChI is InChI=1S/C23H27N3O4S/c1-16(2)20-11-10-17-6-3-4-9-21(17)26(20)23(28)18-7-5-8-19(14-18)31(29,30)25-13-12-24-22(27)15-25/h3-9,14,16,20H,10-13,15H2,1-2H3,(H,24,27). The first-order chi connectivity index (χ1) is 14.8. The number of hydrogen-bond donors (Lipinski definition) is 1. The Hall–Kier alpha value is -2.71. The van der Waals surface area contributed by atoms with Crippen molar-refractivity contribution in [3.8, 4) is 0 Å². The molecule has 2 heterocycles. The number of fused-ring (bicyclic) bond motifs is 1. The van der Waals surface area contributed by atoms with E-state index >= 15 is 0 Å². The van der Waals surface area contributed by atoms with Gasteiger partial charge in [-0.15, -0.1) is 0 Å². The molecule has 1 atom stereocenters. The summed E-state index contributed by atoms with van der Waals surface area (Å²) in [6.07, 6.45) is 1.77. The Morgan fingerprint density at radius 3 is 2.65 bits per heavy atom. The summed E-state index contributed by atoms with van der Waals surface area (Å²) in [5.41, 5.74) is 2.33. The topological polar surface area (TPSA) is 86.8 Å². The SMILES string of the molecule is CC(C)C1CCc2ccccc2N1C(=O)c1cccc(S(=O)(=O)N2CCNC(=O)C2)c1. The Morgan fingerprint density at radius 2 is 1.90 bits per heavy atom. The molecular weight excluding hydrogens is 414 g/mol. The van der Waals surface area contributed by atoms with Gasteiger partial charge in [-0.3, -0.25) is 9.59 Å². The van der Waals surface area contributed by atoms with Gasteiger partial charge in [0, 0.05) is 30.4 Å². The van der Waals surface area contributed by atoms with Gasteiger partial charge in [0.1, 0.15) is 0 Å². The van der Waals surface area contributed by atoms with Gasteiger partial charge in [0.15, 0.2) is 0 Å². The Morgan fingerprint density at radius 1 is 1.13 bits per heavy atom. The summed E-state index contributed by atoms with van der Waals surface area (Å²) in [4.78, 5) is 27.2. The van der Waals surface area contributed by atoms with Crippen molar-refractivity contribution >= 4 is 27.5 Å². The number of para-hydroxylation sites is 1. The van der Waals surface area contributed by atoms with Crippen molar-refractivity contribution in [1.82, 2.24) is 9.62 Å². The average molecular weight is 442 g/mol. The van der Waals surface area contributed by atoms with E-state index in [2.05, 4.69) is 19.2 Å². The molecule has 1 N–H and O–H groups in total.